The van der Waals surface area contributed by atoms with Gasteiger partial charge in [-0.25, -0.2) is 0 Å². The molecule has 0 bridgehead atoms. The molecule has 29 heavy (non-hydrogen) atoms. The van der Waals surface area contributed by atoms with E-state index in [-0.39, 0.29) is 16.5 Å². The maximum Gasteiger partial charge on any atom is 0.293 e. The van der Waals surface area contributed by atoms with Crippen molar-refractivity contribution in [1.29, 1.82) is 0 Å². The highest BCUT2D eigenvalue weighted by atomic mass is 35.5. The minimum atomic E-state index is -0.380. The summed E-state index contributed by atoms with van der Waals surface area (Å²) in [5.74, 6) is -0.139. The van der Waals surface area contributed by atoms with Gasteiger partial charge in [-0.3, -0.25) is 19.8 Å². The molecule has 2 saturated heterocycles. The zero-order valence-corrected chi connectivity index (χ0v) is 17.6. The van der Waals surface area contributed by atoms with Crippen LogP contribution in [0.3, 0.4) is 0 Å². The van der Waals surface area contributed by atoms with E-state index in [0.717, 1.165) is 49.9 Å². The Morgan fingerprint density at radius 3 is 2.41 bits per heavy atom. The van der Waals surface area contributed by atoms with Gasteiger partial charge < -0.3 is 9.80 Å². The molecule has 1 amide bonds. The molecule has 0 atom stereocenters. The van der Waals surface area contributed by atoms with Crippen LogP contribution >= 0.6 is 22.9 Å². The summed E-state index contributed by atoms with van der Waals surface area (Å²) in [5, 5.41) is 11.6. The molecule has 0 saturated carbocycles. The first-order chi connectivity index (χ1) is 14.0. The van der Waals surface area contributed by atoms with Gasteiger partial charge in [0.05, 0.1) is 9.26 Å². The molecular formula is C20H23ClN4O3S. The van der Waals surface area contributed by atoms with Crippen molar-refractivity contribution in [3.8, 4) is 0 Å². The molecule has 0 aliphatic carbocycles. The zero-order chi connectivity index (χ0) is 20.4. The molecule has 0 unspecified atom stereocenters. The number of amides is 1. The van der Waals surface area contributed by atoms with Gasteiger partial charge in [0.15, 0.2) is 0 Å². The summed E-state index contributed by atoms with van der Waals surface area (Å²) in [5.41, 5.74) is 1.02. The smallest absolute Gasteiger partial charge is 0.293 e. The summed E-state index contributed by atoms with van der Waals surface area (Å²) < 4.78 is 0.785. The lowest BCUT2D eigenvalue weighted by atomic mass is 10.1. The Kier molecular flexibility index (Phi) is 6.03. The van der Waals surface area contributed by atoms with Crippen molar-refractivity contribution in [3.05, 3.63) is 55.2 Å². The van der Waals surface area contributed by atoms with E-state index < -0.39 is 0 Å². The molecule has 1 aromatic carbocycles. The molecule has 2 aliphatic heterocycles. The van der Waals surface area contributed by atoms with Crippen LogP contribution in [0.25, 0.3) is 0 Å². The van der Waals surface area contributed by atoms with Gasteiger partial charge in [0.2, 0.25) is 0 Å². The number of nitro benzene ring substituents is 1. The molecule has 3 heterocycles. The Morgan fingerprint density at radius 1 is 1.07 bits per heavy atom. The van der Waals surface area contributed by atoms with Crippen LogP contribution in [-0.4, -0.2) is 59.9 Å². The number of rotatable bonds is 5. The van der Waals surface area contributed by atoms with E-state index in [4.69, 9.17) is 11.6 Å². The van der Waals surface area contributed by atoms with Crippen molar-refractivity contribution >= 4 is 40.2 Å². The van der Waals surface area contributed by atoms with Gasteiger partial charge in [0.25, 0.3) is 11.6 Å². The highest BCUT2D eigenvalue weighted by Gasteiger charge is 2.27. The molecule has 2 aromatic rings. The zero-order valence-electron chi connectivity index (χ0n) is 16.1. The number of thiophene rings is 1. The maximum absolute atomic E-state index is 12.9. The molecule has 0 N–H and O–H groups in total. The monoisotopic (exact) mass is 434 g/mol. The fraction of sp³-hybridized carbons (Fsp3) is 0.450. The number of carbonyl (C=O) groups is 1. The van der Waals surface area contributed by atoms with Crippen LogP contribution in [0.5, 0.6) is 0 Å². The Balaban J connectivity index is 1.41. The fourth-order valence-corrected chi connectivity index (χ4v) is 5.11. The van der Waals surface area contributed by atoms with E-state index in [1.165, 1.54) is 10.9 Å². The van der Waals surface area contributed by atoms with Crippen LogP contribution in [0.4, 0.5) is 11.4 Å². The molecule has 154 valence electrons. The van der Waals surface area contributed by atoms with Crippen LogP contribution in [-0.2, 0) is 6.54 Å². The lowest BCUT2D eigenvalue weighted by Crippen LogP contribution is -2.48. The van der Waals surface area contributed by atoms with Gasteiger partial charge in [-0.05, 0) is 37.1 Å². The third-order valence-electron chi connectivity index (χ3n) is 5.53. The molecule has 7 nitrogen and oxygen atoms in total. The Bertz CT molecular complexity index is 905. The van der Waals surface area contributed by atoms with Crippen molar-refractivity contribution in [1.82, 2.24) is 9.80 Å². The second kappa shape index (κ2) is 8.69. The van der Waals surface area contributed by atoms with Gasteiger partial charge in [0.1, 0.15) is 5.69 Å². The van der Waals surface area contributed by atoms with Crippen LogP contribution < -0.4 is 4.90 Å². The van der Waals surface area contributed by atoms with Crippen molar-refractivity contribution in [2.75, 3.05) is 44.2 Å². The Labute approximate surface area is 178 Å². The number of carbonyl (C=O) groups excluding carboxylic acids is 1. The maximum atomic E-state index is 12.9. The minimum absolute atomic E-state index is 0.0194. The number of anilines is 1. The number of nitrogens with zero attached hydrogens (tertiary/aromatic N) is 4. The van der Waals surface area contributed by atoms with Gasteiger partial charge in [0, 0.05) is 62.3 Å². The largest absolute Gasteiger partial charge is 0.366 e. The molecule has 0 spiro atoms. The van der Waals surface area contributed by atoms with Gasteiger partial charge in [-0.15, -0.1) is 11.3 Å². The quantitative estimate of drug-likeness (QED) is 0.527. The van der Waals surface area contributed by atoms with E-state index in [1.807, 2.05) is 17.0 Å². The van der Waals surface area contributed by atoms with E-state index in [9.17, 15) is 14.9 Å². The van der Waals surface area contributed by atoms with Crippen LogP contribution in [0.1, 0.15) is 28.1 Å². The lowest BCUT2D eigenvalue weighted by Gasteiger charge is -2.34. The van der Waals surface area contributed by atoms with E-state index in [0.29, 0.717) is 24.3 Å². The molecule has 0 radical (unpaired) electrons. The SMILES string of the molecule is O=C(c1ccc(N2CCCC2)c([N+](=O)[O-])c1)N1CCN(Cc2ccc(Cl)s2)CC1. The first-order valence-corrected chi connectivity index (χ1v) is 11.0. The summed E-state index contributed by atoms with van der Waals surface area (Å²) >= 11 is 7.57. The Hall–Kier alpha value is -2.16. The Morgan fingerprint density at radius 2 is 1.79 bits per heavy atom. The summed E-state index contributed by atoms with van der Waals surface area (Å²) in [4.78, 5) is 31.5. The van der Waals surface area contributed by atoms with Gasteiger partial charge in [-0.1, -0.05) is 11.6 Å². The number of halogens is 1. The van der Waals surface area contributed by atoms with Crippen LogP contribution in [0.15, 0.2) is 30.3 Å². The summed E-state index contributed by atoms with van der Waals surface area (Å²) in [6.07, 6.45) is 2.08. The molecule has 2 fully saturated rings. The normalized spacial score (nSPS) is 17.7. The predicted octanol–water partition coefficient (Wildman–Crippen LogP) is 3.87. The van der Waals surface area contributed by atoms with Gasteiger partial charge in [-0.2, -0.15) is 0 Å². The average molecular weight is 435 g/mol. The van der Waals surface area contributed by atoms with Crippen molar-refractivity contribution in [2.24, 2.45) is 0 Å². The second-order valence-electron chi connectivity index (χ2n) is 7.43. The number of piperazine rings is 1. The number of benzene rings is 1. The highest BCUT2D eigenvalue weighted by Crippen LogP contribution is 2.32. The molecule has 2 aliphatic rings. The summed E-state index contributed by atoms with van der Waals surface area (Å²) in [7, 11) is 0. The standard InChI is InChI=1S/C20H23ClN4O3S/c21-19-6-4-16(29-19)14-22-9-11-24(12-10-22)20(26)15-3-5-17(18(13-15)25(27)28)23-7-1-2-8-23/h3-6,13H,1-2,7-12,14H2. The van der Waals surface area contributed by atoms with Crippen molar-refractivity contribution in [2.45, 2.75) is 19.4 Å². The first kappa shape index (κ1) is 20.1. The van der Waals surface area contributed by atoms with E-state index >= 15 is 0 Å². The lowest BCUT2D eigenvalue weighted by molar-refractivity contribution is -0.384. The molecular weight excluding hydrogens is 412 g/mol. The average Bonchev–Trinajstić information content (AvgIpc) is 3.39. The minimum Gasteiger partial charge on any atom is -0.366 e. The fourth-order valence-electron chi connectivity index (χ4n) is 3.98. The van der Waals surface area contributed by atoms with Gasteiger partial charge >= 0.3 is 0 Å². The highest BCUT2D eigenvalue weighted by molar-refractivity contribution is 7.16. The van der Waals surface area contributed by atoms with Crippen molar-refractivity contribution < 1.29 is 9.72 Å². The number of hydrogen-bond donors (Lipinski definition) is 0. The van der Waals surface area contributed by atoms with E-state index in [2.05, 4.69) is 4.90 Å². The number of nitro groups is 1. The molecule has 9 heteroatoms. The summed E-state index contributed by atoms with van der Waals surface area (Å²) in [6.45, 7) is 5.25. The molecule has 4 rings (SSSR count). The van der Waals surface area contributed by atoms with E-state index in [1.54, 1.807) is 28.4 Å². The van der Waals surface area contributed by atoms with Crippen molar-refractivity contribution in [3.63, 3.8) is 0 Å². The summed E-state index contributed by atoms with van der Waals surface area (Å²) in [6, 6.07) is 8.83. The van der Waals surface area contributed by atoms with Crippen LogP contribution in [0, 0.1) is 10.1 Å². The van der Waals surface area contributed by atoms with Crippen LogP contribution in [0.2, 0.25) is 4.34 Å². The topological polar surface area (TPSA) is 69.9 Å². The first-order valence-electron chi connectivity index (χ1n) is 9.80. The molecule has 1 aromatic heterocycles. The second-order valence-corrected chi connectivity index (χ2v) is 9.23. The third-order valence-corrected chi connectivity index (χ3v) is 6.75. The third kappa shape index (κ3) is 4.55. The number of hydrogen-bond acceptors (Lipinski definition) is 6. The predicted molar refractivity (Wildman–Crippen MR) is 115 cm³/mol.